The highest BCUT2D eigenvalue weighted by Gasteiger charge is 2.26. The van der Waals surface area contributed by atoms with Crippen molar-refractivity contribution in [2.45, 2.75) is 25.7 Å². The summed E-state index contributed by atoms with van der Waals surface area (Å²) in [5.41, 5.74) is -0.0887. The van der Waals surface area contributed by atoms with Crippen LogP contribution in [0.1, 0.15) is 36.0 Å². The van der Waals surface area contributed by atoms with Crippen LogP contribution in [0, 0.1) is 17.7 Å². The van der Waals surface area contributed by atoms with E-state index in [2.05, 4.69) is 5.32 Å². The predicted molar refractivity (Wildman–Crippen MR) is 73.5 cm³/mol. The first-order valence-corrected chi connectivity index (χ1v) is 6.97. The molecule has 0 unspecified atom stereocenters. The Labute approximate surface area is 121 Å². The van der Waals surface area contributed by atoms with Gasteiger partial charge in [-0.15, -0.1) is 0 Å². The van der Waals surface area contributed by atoms with Gasteiger partial charge in [-0.3, -0.25) is 9.59 Å². The maximum Gasteiger partial charge on any atom is 0.306 e. The van der Waals surface area contributed by atoms with E-state index in [9.17, 15) is 19.1 Å². The summed E-state index contributed by atoms with van der Waals surface area (Å²) in [6.45, 7) is 0.404. The van der Waals surface area contributed by atoms with Gasteiger partial charge in [0.15, 0.2) is 0 Å². The third-order valence-corrected chi connectivity index (χ3v) is 3.95. The second-order valence-electron chi connectivity index (χ2n) is 5.43. The maximum atomic E-state index is 13.1. The highest BCUT2D eigenvalue weighted by Crippen LogP contribution is 2.28. The fourth-order valence-electron chi connectivity index (χ4n) is 2.64. The number of phenols is 1. The van der Waals surface area contributed by atoms with Crippen molar-refractivity contribution >= 4 is 11.9 Å². The van der Waals surface area contributed by atoms with Crippen molar-refractivity contribution in [3.8, 4) is 5.75 Å². The summed E-state index contributed by atoms with van der Waals surface area (Å²) in [7, 11) is 0. The van der Waals surface area contributed by atoms with Crippen molar-refractivity contribution in [3.05, 3.63) is 29.6 Å². The lowest BCUT2D eigenvalue weighted by Gasteiger charge is -2.26. The van der Waals surface area contributed by atoms with Gasteiger partial charge in [-0.2, -0.15) is 0 Å². The number of carboxylic acids is 1. The van der Waals surface area contributed by atoms with E-state index in [0.717, 1.165) is 31.0 Å². The molecule has 1 aliphatic carbocycles. The largest absolute Gasteiger partial charge is 0.507 e. The third kappa shape index (κ3) is 3.93. The number of hydrogen-bond donors (Lipinski definition) is 3. The molecule has 3 N–H and O–H groups in total. The van der Waals surface area contributed by atoms with Crippen LogP contribution in [0.4, 0.5) is 4.39 Å². The first kappa shape index (κ1) is 15.3. The molecule has 0 atom stereocenters. The summed E-state index contributed by atoms with van der Waals surface area (Å²) in [6.07, 6.45) is 2.71. The Morgan fingerprint density at radius 3 is 2.52 bits per heavy atom. The lowest BCUT2D eigenvalue weighted by Crippen LogP contribution is -2.32. The topological polar surface area (TPSA) is 86.6 Å². The molecule has 1 aromatic carbocycles. The SMILES string of the molecule is O=C(NCC1CCC(C(=O)O)CC1)c1cc(F)ccc1O. The van der Waals surface area contributed by atoms with E-state index in [4.69, 9.17) is 5.11 Å². The Morgan fingerprint density at radius 2 is 1.90 bits per heavy atom. The van der Waals surface area contributed by atoms with Crippen LogP contribution >= 0.6 is 0 Å². The third-order valence-electron chi connectivity index (χ3n) is 3.95. The molecular weight excluding hydrogens is 277 g/mol. The lowest BCUT2D eigenvalue weighted by atomic mass is 9.82. The van der Waals surface area contributed by atoms with Crippen molar-refractivity contribution in [2.75, 3.05) is 6.54 Å². The van der Waals surface area contributed by atoms with Crippen LogP contribution in [-0.4, -0.2) is 28.6 Å². The fourth-order valence-corrected chi connectivity index (χ4v) is 2.64. The Hall–Kier alpha value is -2.11. The number of carbonyl (C=O) groups excluding carboxylic acids is 1. The van der Waals surface area contributed by atoms with Crippen molar-refractivity contribution in [1.82, 2.24) is 5.32 Å². The molecule has 1 aliphatic rings. The monoisotopic (exact) mass is 295 g/mol. The molecule has 0 radical (unpaired) electrons. The van der Waals surface area contributed by atoms with E-state index < -0.39 is 17.7 Å². The number of amides is 1. The van der Waals surface area contributed by atoms with Crippen molar-refractivity contribution in [3.63, 3.8) is 0 Å². The fraction of sp³-hybridized carbons (Fsp3) is 0.467. The number of phenolic OH excluding ortho intramolecular Hbond substituents is 1. The average molecular weight is 295 g/mol. The van der Waals surface area contributed by atoms with Crippen LogP contribution in [-0.2, 0) is 4.79 Å². The quantitative estimate of drug-likeness (QED) is 0.794. The van der Waals surface area contributed by atoms with Crippen LogP contribution < -0.4 is 5.32 Å². The van der Waals surface area contributed by atoms with Gasteiger partial charge >= 0.3 is 5.97 Å². The molecule has 0 aromatic heterocycles. The normalized spacial score (nSPS) is 21.8. The number of nitrogens with one attached hydrogen (secondary N) is 1. The van der Waals surface area contributed by atoms with Crippen molar-refractivity contribution in [1.29, 1.82) is 0 Å². The number of aliphatic carboxylic acids is 1. The highest BCUT2D eigenvalue weighted by atomic mass is 19.1. The molecule has 0 saturated heterocycles. The smallest absolute Gasteiger partial charge is 0.306 e. The predicted octanol–water partition coefficient (Wildman–Crippen LogP) is 2.15. The van der Waals surface area contributed by atoms with Gasteiger partial charge in [0.05, 0.1) is 11.5 Å². The summed E-state index contributed by atoms with van der Waals surface area (Å²) < 4.78 is 13.1. The van der Waals surface area contributed by atoms with Gasteiger partial charge in [-0.05, 0) is 49.8 Å². The summed E-state index contributed by atoms with van der Waals surface area (Å²) in [6, 6.07) is 3.22. The Morgan fingerprint density at radius 1 is 1.24 bits per heavy atom. The Kier molecular flexibility index (Phi) is 4.77. The molecular formula is C15H18FNO4. The lowest BCUT2D eigenvalue weighted by molar-refractivity contribution is -0.143. The minimum absolute atomic E-state index is 0.0887. The molecule has 1 fully saturated rings. The van der Waals surface area contributed by atoms with Crippen LogP contribution in [0.2, 0.25) is 0 Å². The molecule has 0 bridgehead atoms. The Bertz CT molecular complexity index is 538. The molecule has 0 aliphatic heterocycles. The van der Waals surface area contributed by atoms with E-state index >= 15 is 0 Å². The minimum atomic E-state index is -0.762. The zero-order chi connectivity index (χ0) is 15.4. The summed E-state index contributed by atoms with van der Waals surface area (Å²) in [5, 5.41) is 21.1. The van der Waals surface area contributed by atoms with Gasteiger partial charge in [-0.1, -0.05) is 0 Å². The molecule has 2 rings (SSSR count). The van der Waals surface area contributed by atoms with E-state index in [1.807, 2.05) is 0 Å². The molecule has 1 amide bonds. The zero-order valence-corrected chi connectivity index (χ0v) is 11.5. The number of aromatic hydroxyl groups is 1. The molecule has 0 heterocycles. The van der Waals surface area contributed by atoms with Crippen LogP contribution in [0.5, 0.6) is 5.75 Å². The van der Waals surface area contributed by atoms with Gasteiger partial charge in [-0.25, -0.2) is 4.39 Å². The second-order valence-corrected chi connectivity index (χ2v) is 5.43. The second kappa shape index (κ2) is 6.56. The van der Waals surface area contributed by atoms with Gasteiger partial charge in [0.2, 0.25) is 0 Å². The number of carboxylic acid groups (broad SMARTS) is 1. The van der Waals surface area contributed by atoms with E-state index in [-0.39, 0.29) is 23.1 Å². The van der Waals surface area contributed by atoms with Crippen molar-refractivity contribution in [2.24, 2.45) is 11.8 Å². The first-order chi connectivity index (χ1) is 9.97. The van der Waals surface area contributed by atoms with E-state index in [1.165, 1.54) is 0 Å². The summed E-state index contributed by atoms with van der Waals surface area (Å²) >= 11 is 0. The molecule has 114 valence electrons. The molecule has 6 heteroatoms. The molecule has 1 saturated carbocycles. The van der Waals surface area contributed by atoms with Gasteiger partial charge in [0, 0.05) is 6.54 Å². The van der Waals surface area contributed by atoms with Crippen molar-refractivity contribution < 1.29 is 24.2 Å². The number of halogens is 1. The van der Waals surface area contributed by atoms with Crippen LogP contribution in [0.3, 0.4) is 0 Å². The number of carbonyl (C=O) groups is 2. The average Bonchev–Trinajstić information content (AvgIpc) is 2.47. The van der Waals surface area contributed by atoms with Crippen LogP contribution in [0.15, 0.2) is 18.2 Å². The molecule has 0 spiro atoms. The van der Waals surface area contributed by atoms with E-state index in [0.29, 0.717) is 19.4 Å². The van der Waals surface area contributed by atoms with E-state index in [1.54, 1.807) is 0 Å². The number of hydrogen-bond acceptors (Lipinski definition) is 3. The molecule has 1 aromatic rings. The first-order valence-electron chi connectivity index (χ1n) is 6.97. The van der Waals surface area contributed by atoms with Gasteiger partial charge in [0.25, 0.3) is 5.91 Å². The number of rotatable bonds is 4. The highest BCUT2D eigenvalue weighted by molar-refractivity contribution is 5.96. The molecule has 21 heavy (non-hydrogen) atoms. The zero-order valence-electron chi connectivity index (χ0n) is 11.5. The summed E-state index contributed by atoms with van der Waals surface area (Å²) in [4.78, 5) is 22.7. The van der Waals surface area contributed by atoms with Gasteiger partial charge in [0.1, 0.15) is 11.6 Å². The Balaban J connectivity index is 1.85. The maximum absolute atomic E-state index is 13.1. The van der Waals surface area contributed by atoms with Crippen LogP contribution in [0.25, 0.3) is 0 Å². The minimum Gasteiger partial charge on any atom is -0.507 e. The number of benzene rings is 1. The van der Waals surface area contributed by atoms with Gasteiger partial charge < -0.3 is 15.5 Å². The molecule has 5 nitrogen and oxygen atoms in total. The standard InChI is InChI=1S/C15H18FNO4/c16-11-5-6-13(18)12(7-11)14(19)17-8-9-1-3-10(4-2-9)15(20)21/h5-7,9-10,18H,1-4,8H2,(H,17,19)(H,20,21). The summed E-state index contributed by atoms with van der Waals surface area (Å²) in [5.74, 6) is -2.19.